The molecule has 0 bridgehead atoms. The summed E-state index contributed by atoms with van der Waals surface area (Å²) in [4.78, 5) is 9.59. The van der Waals surface area contributed by atoms with Crippen LogP contribution in [0.2, 0.25) is 0 Å². The van der Waals surface area contributed by atoms with E-state index in [1.807, 2.05) is 0 Å². The second kappa shape index (κ2) is 20.8. The van der Waals surface area contributed by atoms with Crippen LogP contribution in [-0.2, 0) is 0 Å². The smallest absolute Gasteiger partial charge is 0.256 e. The van der Waals surface area contributed by atoms with E-state index in [-0.39, 0.29) is 19.3 Å². The van der Waals surface area contributed by atoms with E-state index in [2.05, 4.69) is 341 Å². The first-order valence-electron chi connectivity index (χ1n) is 29.9. The van der Waals surface area contributed by atoms with E-state index in [4.69, 9.17) is 9.47 Å². The molecule has 0 aromatic heterocycles. The summed E-state index contributed by atoms with van der Waals surface area (Å²) < 4.78 is 16.1. The molecule has 0 amide bonds. The molecular weight excluding hydrogens is 1060 g/mol. The molecule has 0 unspecified atom stereocenters. The topological polar surface area (TPSA) is 31.4 Å². The van der Waals surface area contributed by atoms with Gasteiger partial charge in [0.15, 0.2) is 0 Å². The molecule has 17 rings (SSSR count). The molecule has 408 valence electrons. The Hall–Kier alpha value is -11.2. The molecule has 0 N–H and O–H groups in total. The van der Waals surface area contributed by atoms with Gasteiger partial charge in [-0.05, 0) is 141 Å². The third-order valence-electron chi connectivity index (χ3n) is 17.8. The van der Waals surface area contributed by atoms with Crippen LogP contribution in [0.4, 0.5) is 68.2 Å². The maximum Gasteiger partial charge on any atom is 0.256 e. The summed E-state index contributed by atoms with van der Waals surface area (Å²) in [6.45, 7) is -0.509. The quantitative estimate of drug-likeness (QED) is 0.0948. The summed E-state index contributed by atoms with van der Waals surface area (Å²) in [5.41, 5.74) is 22.6. The van der Waals surface area contributed by atoms with E-state index in [0.29, 0.717) is 0 Å². The fourth-order valence-corrected chi connectivity index (χ4v) is 14.2. The van der Waals surface area contributed by atoms with Crippen LogP contribution in [-0.4, -0.2) is 13.4 Å². The van der Waals surface area contributed by atoms with Gasteiger partial charge in [0.05, 0.1) is 11.4 Å². The molecule has 0 aliphatic carbocycles. The van der Waals surface area contributed by atoms with Gasteiger partial charge < -0.3 is 29.1 Å². The van der Waals surface area contributed by atoms with Crippen molar-refractivity contribution >= 4 is 114 Å². The number of hydrogen-bond acceptors (Lipinski definition) is 6. The Morgan fingerprint density at radius 2 is 0.586 bits per heavy atom. The van der Waals surface area contributed by atoms with Gasteiger partial charge in [0, 0.05) is 80.5 Å². The molecule has 13 aromatic carbocycles. The first kappa shape index (κ1) is 50.3. The normalized spacial score (nSPS) is 12.8. The molecule has 4 aliphatic rings. The maximum atomic E-state index is 8.07. The van der Waals surface area contributed by atoms with Crippen molar-refractivity contribution in [2.75, 3.05) is 19.6 Å². The van der Waals surface area contributed by atoms with Crippen LogP contribution in [0.25, 0.3) is 0 Å². The van der Waals surface area contributed by atoms with Gasteiger partial charge in [-0.2, -0.15) is 0 Å². The molecule has 87 heavy (non-hydrogen) atoms. The number of ether oxygens (including phenoxy) is 2. The number of rotatable bonds is 11. The SMILES string of the molecule is c1ccc(C(c2ccccc2)c2c3c(cc4c2Oc2cc(N(c5ccccc5)c5ccccc5)cc5c2B4c2ccccc2N5c2ccccc2)B2c4ccccc4N(c4ccccc4)c4cc(N(c5ccccc5)c5ccccc5)cc(c42)O3)cc1. The largest absolute Gasteiger partial charge is 0.458 e. The van der Waals surface area contributed by atoms with E-state index >= 15 is 0 Å². The lowest BCUT2D eigenvalue weighted by Gasteiger charge is -2.44. The van der Waals surface area contributed by atoms with Crippen LogP contribution in [0.15, 0.2) is 322 Å². The first-order chi connectivity index (χ1) is 43.2. The second-order valence-electron chi connectivity index (χ2n) is 22.7. The number of para-hydroxylation sites is 8. The Morgan fingerprint density at radius 3 is 0.943 bits per heavy atom. The Bertz CT molecular complexity index is 4340. The Labute approximate surface area is 507 Å². The minimum Gasteiger partial charge on any atom is -0.458 e. The third kappa shape index (κ3) is 8.28. The zero-order valence-electron chi connectivity index (χ0n) is 47.4. The van der Waals surface area contributed by atoms with Crippen molar-refractivity contribution in [1.29, 1.82) is 0 Å². The van der Waals surface area contributed by atoms with Crippen LogP contribution < -0.4 is 61.9 Å². The highest BCUT2D eigenvalue weighted by Gasteiger charge is 2.49. The Kier molecular flexibility index (Phi) is 12.1. The molecule has 0 spiro atoms. The minimum absolute atomic E-state index is 0.254. The van der Waals surface area contributed by atoms with Crippen molar-refractivity contribution in [1.82, 2.24) is 0 Å². The average molecular weight is 1110 g/mol. The van der Waals surface area contributed by atoms with Gasteiger partial charge in [0.2, 0.25) is 0 Å². The van der Waals surface area contributed by atoms with Gasteiger partial charge in [-0.1, -0.05) is 212 Å². The number of hydrogen-bond donors (Lipinski definition) is 0. The molecule has 13 aromatic rings. The van der Waals surface area contributed by atoms with Crippen molar-refractivity contribution in [3.63, 3.8) is 0 Å². The molecule has 0 radical (unpaired) electrons. The zero-order valence-corrected chi connectivity index (χ0v) is 47.4. The summed E-state index contributed by atoms with van der Waals surface area (Å²) in [6, 6.07) is 116. The summed E-state index contributed by atoms with van der Waals surface area (Å²) in [7, 11) is 0. The molecule has 0 saturated carbocycles. The van der Waals surface area contributed by atoms with Crippen molar-refractivity contribution in [3.8, 4) is 23.0 Å². The Balaban J connectivity index is 0.990. The number of fused-ring (bicyclic) bond motifs is 8. The fraction of sp³-hybridized carbons (Fsp3) is 0.0127. The number of benzene rings is 13. The lowest BCUT2D eigenvalue weighted by molar-refractivity contribution is 0.453. The summed E-state index contributed by atoms with van der Waals surface area (Å²) >= 11 is 0. The Morgan fingerprint density at radius 1 is 0.276 bits per heavy atom. The highest BCUT2D eigenvalue weighted by atomic mass is 16.5. The summed E-state index contributed by atoms with van der Waals surface area (Å²) in [5, 5.41) is 0. The molecular formula is C79H54B2N4O2. The van der Waals surface area contributed by atoms with Crippen LogP contribution in [0.3, 0.4) is 0 Å². The lowest BCUT2D eigenvalue weighted by atomic mass is 9.30. The van der Waals surface area contributed by atoms with Gasteiger partial charge in [-0.15, -0.1) is 0 Å². The van der Waals surface area contributed by atoms with Crippen molar-refractivity contribution in [2.45, 2.75) is 5.92 Å². The van der Waals surface area contributed by atoms with Gasteiger partial charge in [0.1, 0.15) is 23.0 Å². The van der Waals surface area contributed by atoms with Crippen LogP contribution in [0.1, 0.15) is 22.6 Å². The zero-order chi connectivity index (χ0) is 57.4. The lowest BCUT2D eigenvalue weighted by Crippen LogP contribution is -2.63. The molecule has 6 nitrogen and oxygen atoms in total. The van der Waals surface area contributed by atoms with E-state index in [1.54, 1.807) is 0 Å². The van der Waals surface area contributed by atoms with E-state index in [1.165, 1.54) is 10.9 Å². The highest BCUT2D eigenvalue weighted by Crippen LogP contribution is 2.53. The van der Waals surface area contributed by atoms with Gasteiger partial charge >= 0.3 is 0 Å². The van der Waals surface area contributed by atoms with E-state index < -0.39 is 0 Å². The van der Waals surface area contributed by atoms with Crippen LogP contribution in [0.5, 0.6) is 23.0 Å². The van der Waals surface area contributed by atoms with Gasteiger partial charge in [0.25, 0.3) is 13.4 Å². The summed E-state index contributed by atoms with van der Waals surface area (Å²) in [5.74, 6) is 2.84. The number of nitrogens with zero attached hydrogens (tertiary/aromatic N) is 4. The average Bonchev–Trinajstić information content (AvgIpc) is 0.714. The molecule has 8 heteroatoms. The monoisotopic (exact) mass is 1110 g/mol. The second-order valence-corrected chi connectivity index (χ2v) is 22.7. The van der Waals surface area contributed by atoms with Gasteiger partial charge in [-0.25, -0.2) is 0 Å². The maximum absolute atomic E-state index is 8.07. The van der Waals surface area contributed by atoms with Crippen LogP contribution in [0, 0.1) is 0 Å². The summed E-state index contributed by atoms with van der Waals surface area (Å²) in [6.07, 6.45) is 0. The van der Waals surface area contributed by atoms with Crippen molar-refractivity contribution < 1.29 is 9.47 Å². The molecule has 0 saturated heterocycles. The predicted octanol–water partition coefficient (Wildman–Crippen LogP) is 16.6. The van der Waals surface area contributed by atoms with E-state index in [9.17, 15) is 0 Å². The molecule has 0 fully saturated rings. The van der Waals surface area contributed by atoms with Crippen LogP contribution >= 0.6 is 0 Å². The van der Waals surface area contributed by atoms with Crippen molar-refractivity contribution in [2.24, 2.45) is 0 Å². The number of anilines is 12. The minimum atomic E-state index is -0.334. The third-order valence-corrected chi connectivity index (χ3v) is 17.8. The highest BCUT2D eigenvalue weighted by molar-refractivity contribution is 7.02. The van der Waals surface area contributed by atoms with Crippen molar-refractivity contribution in [3.05, 3.63) is 338 Å². The van der Waals surface area contributed by atoms with E-state index in [0.717, 1.165) is 130 Å². The molecule has 4 aliphatic heterocycles. The first-order valence-corrected chi connectivity index (χ1v) is 29.9. The molecule has 4 heterocycles. The standard InChI is InChI=1S/C79H54B2N4O2/c1-9-29-54(30-10-1)74(55-31-11-2-12-32-55)75-78-66(80-64-45-25-27-47-68(64)84(60-41-21-7-22-42-60)70-49-62(51-72(86-78)76(70)80)82(56-33-13-3-14-34-56)57-35-15-4-16-36-57)53-67-79(75)87-73-52-63(83(58-37-17-5-18-38-58)59-39-19-6-20-40-59)50-71-77(73)81(67)65-46-26-28-48-69(65)85(71)61-43-23-8-24-44-61/h1-53,74H. The predicted molar refractivity (Wildman–Crippen MR) is 361 cm³/mol. The molecule has 0 atom stereocenters. The van der Waals surface area contributed by atoms with Gasteiger partial charge in [-0.3, -0.25) is 0 Å². The fourth-order valence-electron chi connectivity index (χ4n) is 14.2.